The predicted molar refractivity (Wildman–Crippen MR) is 81.6 cm³/mol. The quantitative estimate of drug-likeness (QED) is 0.751. The van der Waals surface area contributed by atoms with E-state index < -0.39 is 5.97 Å². The maximum atomic E-state index is 11.2. The molecule has 3 N–H and O–H groups in total. The Hall–Kier alpha value is -1.62. The molecule has 1 aliphatic rings. The molecular weight excluding hydrogens is 268 g/mol. The number of aliphatic hydroxyl groups is 1. The van der Waals surface area contributed by atoms with Crippen molar-refractivity contribution in [3.63, 3.8) is 0 Å². The molecule has 1 heterocycles. The van der Waals surface area contributed by atoms with E-state index in [-0.39, 0.29) is 24.1 Å². The summed E-state index contributed by atoms with van der Waals surface area (Å²) >= 11 is 0. The summed E-state index contributed by atoms with van der Waals surface area (Å²) in [7, 11) is 0. The molecular formula is C16H24N2O3. The van der Waals surface area contributed by atoms with Crippen molar-refractivity contribution in [2.24, 2.45) is 5.92 Å². The number of hydrogen-bond acceptors (Lipinski definition) is 4. The van der Waals surface area contributed by atoms with Crippen LogP contribution in [0.3, 0.4) is 0 Å². The molecule has 1 fully saturated rings. The molecule has 2 atom stereocenters. The Bertz CT molecular complexity index is 490. The molecule has 0 bridgehead atoms. The number of aliphatic hydroxyl groups excluding tert-OH is 1. The van der Waals surface area contributed by atoms with E-state index in [1.54, 1.807) is 12.1 Å². The lowest BCUT2D eigenvalue weighted by Crippen LogP contribution is -2.34. The van der Waals surface area contributed by atoms with Crippen LogP contribution in [-0.2, 0) is 6.42 Å². The van der Waals surface area contributed by atoms with Gasteiger partial charge in [0.05, 0.1) is 5.56 Å². The van der Waals surface area contributed by atoms with Gasteiger partial charge in [0, 0.05) is 24.3 Å². The molecule has 5 heteroatoms. The van der Waals surface area contributed by atoms with E-state index in [0.717, 1.165) is 44.2 Å². The Morgan fingerprint density at radius 3 is 2.81 bits per heavy atom. The third-order valence-corrected chi connectivity index (χ3v) is 4.11. The Balaban J connectivity index is 2.19. The molecule has 1 aromatic rings. The second-order valence-corrected chi connectivity index (χ2v) is 5.77. The fraction of sp³-hybridized carbons (Fsp3) is 0.625. The maximum Gasteiger partial charge on any atom is 0.335 e. The van der Waals surface area contributed by atoms with Crippen LogP contribution in [0.15, 0.2) is 12.1 Å². The summed E-state index contributed by atoms with van der Waals surface area (Å²) in [5.41, 5.74) is 1.07. The van der Waals surface area contributed by atoms with Crippen molar-refractivity contribution in [2.75, 3.05) is 11.9 Å². The first-order valence-corrected chi connectivity index (χ1v) is 7.75. The van der Waals surface area contributed by atoms with Gasteiger partial charge in [0.25, 0.3) is 0 Å². The predicted octanol–water partition coefficient (Wildman–Crippen LogP) is 2.70. The minimum atomic E-state index is -0.930. The van der Waals surface area contributed by atoms with Crippen molar-refractivity contribution in [1.29, 1.82) is 0 Å². The minimum absolute atomic E-state index is 0.165. The number of carboxylic acids is 1. The van der Waals surface area contributed by atoms with E-state index in [2.05, 4.69) is 10.3 Å². The molecule has 0 aliphatic heterocycles. The van der Waals surface area contributed by atoms with Crippen molar-refractivity contribution < 1.29 is 15.0 Å². The van der Waals surface area contributed by atoms with Gasteiger partial charge in [-0.15, -0.1) is 0 Å². The zero-order valence-corrected chi connectivity index (χ0v) is 12.5. The molecule has 116 valence electrons. The van der Waals surface area contributed by atoms with Gasteiger partial charge in [-0.25, -0.2) is 9.78 Å². The summed E-state index contributed by atoms with van der Waals surface area (Å²) in [6, 6.07) is 3.40. The Morgan fingerprint density at radius 1 is 1.38 bits per heavy atom. The van der Waals surface area contributed by atoms with Crippen molar-refractivity contribution in [3.05, 3.63) is 23.4 Å². The summed E-state index contributed by atoms with van der Waals surface area (Å²) in [6.07, 6.45) is 5.98. The van der Waals surface area contributed by atoms with Crippen LogP contribution in [0.2, 0.25) is 0 Å². The highest BCUT2D eigenvalue weighted by molar-refractivity contribution is 5.88. The van der Waals surface area contributed by atoms with Gasteiger partial charge in [-0.3, -0.25) is 0 Å². The van der Waals surface area contributed by atoms with Crippen LogP contribution in [0.1, 0.15) is 55.1 Å². The largest absolute Gasteiger partial charge is 0.478 e. The fourth-order valence-corrected chi connectivity index (χ4v) is 2.98. The summed E-state index contributed by atoms with van der Waals surface area (Å²) in [5.74, 6) is -0.0903. The van der Waals surface area contributed by atoms with E-state index in [1.165, 1.54) is 0 Å². The van der Waals surface area contributed by atoms with E-state index in [4.69, 9.17) is 0 Å². The van der Waals surface area contributed by atoms with Crippen molar-refractivity contribution in [3.8, 4) is 0 Å². The van der Waals surface area contributed by atoms with Gasteiger partial charge in [0.2, 0.25) is 0 Å². The highest BCUT2D eigenvalue weighted by Gasteiger charge is 2.25. The van der Waals surface area contributed by atoms with Crippen molar-refractivity contribution >= 4 is 11.8 Å². The van der Waals surface area contributed by atoms with Crippen LogP contribution < -0.4 is 5.32 Å². The number of rotatable bonds is 6. The lowest BCUT2D eigenvalue weighted by Gasteiger charge is -2.31. The molecule has 1 aromatic heterocycles. The number of pyridine rings is 1. The van der Waals surface area contributed by atoms with Gasteiger partial charge in [-0.1, -0.05) is 26.2 Å². The first-order valence-electron chi connectivity index (χ1n) is 7.75. The van der Waals surface area contributed by atoms with E-state index in [0.29, 0.717) is 5.82 Å². The number of carboxylic acid groups (broad SMARTS) is 1. The average Bonchev–Trinajstić information content (AvgIpc) is 2.48. The van der Waals surface area contributed by atoms with Crippen molar-refractivity contribution in [1.82, 2.24) is 4.98 Å². The number of carbonyl (C=O) groups is 1. The SMILES string of the molecule is CCCc1cc(C(=O)O)cc(NC2CCCCC2CO)n1. The topological polar surface area (TPSA) is 82.5 Å². The van der Waals surface area contributed by atoms with Crippen LogP contribution in [-0.4, -0.2) is 33.8 Å². The summed E-state index contributed by atoms with van der Waals surface area (Å²) in [5, 5.41) is 22.0. The maximum absolute atomic E-state index is 11.2. The lowest BCUT2D eigenvalue weighted by molar-refractivity contribution is 0.0696. The summed E-state index contributed by atoms with van der Waals surface area (Å²) < 4.78 is 0. The number of aryl methyl sites for hydroxylation is 1. The summed E-state index contributed by atoms with van der Waals surface area (Å²) in [6.45, 7) is 2.21. The van der Waals surface area contributed by atoms with Gasteiger partial charge in [-0.2, -0.15) is 0 Å². The third kappa shape index (κ3) is 4.17. The lowest BCUT2D eigenvalue weighted by atomic mass is 9.85. The van der Waals surface area contributed by atoms with Gasteiger partial charge < -0.3 is 15.5 Å². The van der Waals surface area contributed by atoms with Gasteiger partial charge in [-0.05, 0) is 31.4 Å². The van der Waals surface area contributed by atoms with E-state index in [9.17, 15) is 15.0 Å². The van der Waals surface area contributed by atoms with Crippen LogP contribution in [0.25, 0.3) is 0 Å². The molecule has 2 rings (SSSR count). The molecule has 2 unspecified atom stereocenters. The number of aromatic nitrogens is 1. The first-order chi connectivity index (χ1) is 10.1. The number of nitrogens with zero attached hydrogens (tertiary/aromatic N) is 1. The molecule has 21 heavy (non-hydrogen) atoms. The van der Waals surface area contributed by atoms with Gasteiger partial charge >= 0.3 is 5.97 Å². The minimum Gasteiger partial charge on any atom is -0.478 e. The normalized spacial score (nSPS) is 22.0. The van der Waals surface area contributed by atoms with Gasteiger partial charge in [0.15, 0.2) is 0 Å². The number of nitrogens with one attached hydrogen (secondary N) is 1. The van der Waals surface area contributed by atoms with E-state index in [1.807, 2.05) is 6.92 Å². The molecule has 5 nitrogen and oxygen atoms in total. The zero-order valence-electron chi connectivity index (χ0n) is 12.5. The molecule has 1 saturated carbocycles. The number of aromatic carboxylic acids is 1. The van der Waals surface area contributed by atoms with Crippen LogP contribution >= 0.6 is 0 Å². The van der Waals surface area contributed by atoms with Gasteiger partial charge in [0.1, 0.15) is 5.82 Å². The van der Waals surface area contributed by atoms with Crippen LogP contribution in [0.5, 0.6) is 0 Å². The first kappa shape index (κ1) is 15.8. The molecule has 0 radical (unpaired) electrons. The van der Waals surface area contributed by atoms with Crippen LogP contribution in [0, 0.1) is 5.92 Å². The van der Waals surface area contributed by atoms with Crippen molar-refractivity contribution in [2.45, 2.75) is 51.5 Å². The standard InChI is InChI=1S/C16H24N2O3/c1-2-5-13-8-12(16(20)21)9-15(17-13)18-14-7-4-3-6-11(14)10-19/h8-9,11,14,19H,2-7,10H2,1H3,(H,17,18)(H,20,21). The summed E-state index contributed by atoms with van der Waals surface area (Å²) in [4.78, 5) is 15.7. The van der Waals surface area contributed by atoms with Crippen LogP contribution in [0.4, 0.5) is 5.82 Å². The Labute approximate surface area is 125 Å². The third-order valence-electron chi connectivity index (χ3n) is 4.11. The highest BCUT2D eigenvalue weighted by Crippen LogP contribution is 2.27. The van der Waals surface area contributed by atoms with E-state index >= 15 is 0 Å². The zero-order chi connectivity index (χ0) is 15.2. The highest BCUT2D eigenvalue weighted by atomic mass is 16.4. The smallest absolute Gasteiger partial charge is 0.335 e. The molecule has 0 saturated heterocycles. The monoisotopic (exact) mass is 292 g/mol. The average molecular weight is 292 g/mol. The number of anilines is 1. The fourth-order valence-electron chi connectivity index (χ4n) is 2.98. The Morgan fingerprint density at radius 2 is 2.14 bits per heavy atom. The Kier molecular flexibility index (Phi) is 5.56. The molecule has 0 amide bonds. The second-order valence-electron chi connectivity index (χ2n) is 5.77. The number of hydrogen-bond donors (Lipinski definition) is 3. The molecule has 0 spiro atoms. The molecule has 0 aromatic carbocycles. The second kappa shape index (κ2) is 7.41. The molecule has 1 aliphatic carbocycles.